The SMILES string of the molecule is CNC(c1cncnc1)c1cc(C)ccc1OC. The zero-order valence-corrected chi connectivity index (χ0v) is 10.8. The average Bonchev–Trinajstić information content (AvgIpc) is 2.41. The van der Waals surface area contributed by atoms with Crippen molar-refractivity contribution < 1.29 is 4.74 Å². The Morgan fingerprint density at radius 1 is 1.22 bits per heavy atom. The number of benzene rings is 1. The molecular formula is C14H17N3O. The highest BCUT2D eigenvalue weighted by Gasteiger charge is 2.17. The van der Waals surface area contributed by atoms with Crippen molar-refractivity contribution in [3.63, 3.8) is 0 Å². The van der Waals surface area contributed by atoms with E-state index in [4.69, 9.17) is 4.74 Å². The monoisotopic (exact) mass is 243 g/mol. The van der Waals surface area contributed by atoms with Crippen LogP contribution >= 0.6 is 0 Å². The van der Waals surface area contributed by atoms with Gasteiger partial charge in [-0.15, -0.1) is 0 Å². The van der Waals surface area contributed by atoms with E-state index < -0.39 is 0 Å². The lowest BCUT2D eigenvalue weighted by atomic mass is 9.98. The summed E-state index contributed by atoms with van der Waals surface area (Å²) < 4.78 is 5.42. The molecule has 1 aromatic heterocycles. The molecular weight excluding hydrogens is 226 g/mol. The van der Waals surface area contributed by atoms with Gasteiger partial charge in [-0.05, 0) is 20.0 Å². The predicted octanol–water partition coefficient (Wildman–Crippen LogP) is 2.10. The molecule has 1 atom stereocenters. The first-order valence-corrected chi connectivity index (χ1v) is 5.83. The Balaban J connectivity index is 2.48. The fraction of sp³-hybridized carbons (Fsp3) is 0.286. The van der Waals surface area contributed by atoms with Gasteiger partial charge < -0.3 is 10.1 Å². The van der Waals surface area contributed by atoms with E-state index in [0.717, 1.165) is 16.9 Å². The van der Waals surface area contributed by atoms with Crippen molar-refractivity contribution in [1.29, 1.82) is 0 Å². The Morgan fingerprint density at radius 2 is 1.94 bits per heavy atom. The van der Waals surface area contributed by atoms with Crippen molar-refractivity contribution in [2.75, 3.05) is 14.2 Å². The number of ether oxygens (including phenoxy) is 1. The number of aryl methyl sites for hydroxylation is 1. The number of hydrogen-bond acceptors (Lipinski definition) is 4. The van der Waals surface area contributed by atoms with Crippen molar-refractivity contribution >= 4 is 0 Å². The van der Waals surface area contributed by atoms with Gasteiger partial charge in [0.05, 0.1) is 13.2 Å². The van der Waals surface area contributed by atoms with Crippen LogP contribution in [0.1, 0.15) is 22.7 Å². The summed E-state index contributed by atoms with van der Waals surface area (Å²) in [6.45, 7) is 2.07. The van der Waals surface area contributed by atoms with Gasteiger partial charge in [-0.2, -0.15) is 0 Å². The third-order valence-electron chi connectivity index (χ3n) is 2.90. The molecule has 4 nitrogen and oxygen atoms in total. The first-order valence-electron chi connectivity index (χ1n) is 5.83. The Kier molecular flexibility index (Phi) is 3.89. The number of aromatic nitrogens is 2. The molecule has 94 valence electrons. The number of nitrogens with one attached hydrogen (secondary N) is 1. The third kappa shape index (κ3) is 2.49. The molecule has 0 fully saturated rings. The summed E-state index contributed by atoms with van der Waals surface area (Å²) in [6, 6.07) is 6.17. The Bertz CT molecular complexity index is 514. The number of hydrogen-bond donors (Lipinski definition) is 1. The highest BCUT2D eigenvalue weighted by molar-refractivity contribution is 5.42. The zero-order valence-electron chi connectivity index (χ0n) is 10.8. The quantitative estimate of drug-likeness (QED) is 0.893. The maximum atomic E-state index is 5.42. The molecule has 0 bridgehead atoms. The molecule has 0 saturated heterocycles. The van der Waals surface area contributed by atoms with Crippen molar-refractivity contribution in [3.05, 3.63) is 53.6 Å². The van der Waals surface area contributed by atoms with Crippen molar-refractivity contribution in [2.45, 2.75) is 13.0 Å². The van der Waals surface area contributed by atoms with E-state index >= 15 is 0 Å². The van der Waals surface area contributed by atoms with Gasteiger partial charge in [0.1, 0.15) is 12.1 Å². The molecule has 1 unspecified atom stereocenters. The van der Waals surface area contributed by atoms with Gasteiger partial charge in [-0.1, -0.05) is 17.7 Å². The molecule has 2 aromatic rings. The second kappa shape index (κ2) is 5.60. The maximum Gasteiger partial charge on any atom is 0.124 e. The summed E-state index contributed by atoms with van der Waals surface area (Å²) in [5.41, 5.74) is 3.31. The lowest BCUT2D eigenvalue weighted by molar-refractivity contribution is 0.405. The molecule has 18 heavy (non-hydrogen) atoms. The van der Waals surface area contributed by atoms with Crippen LogP contribution in [0.3, 0.4) is 0 Å². The van der Waals surface area contributed by atoms with E-state index in [0.29, 0.717) is 0 Å². The second-order valence-corrected chi connectivity index (χ2v) is 4.14. The largest absolute Gasteiger partial charge is 0.496 e. The second-order valence-electron chi connectivity index (χ2n) is 4.14. The van der Waals surface area contributed by atoms with E-state index in [2.05, 4.69) is 28.3 Å². The summed E-state index contributed by atoms with van der Waals surface area (Å²) in [7, 11) is 3.60. The van der Waals surface area contributed by atoms with E-state index in [1.54, 1.807) is 7.11 Å². The number of nitrogens with zero attached hydrogens (tertiary/aromatic N) is 2. The maximum absolute atomic E-state index is 5.42. The minimum absolute atomic E-state index is 0.0288. The van der Waals surface area contributed by atoms with Crippen LogP contribution < -0.4 is 10.1 Å². The highest BCUT2D eigenvalue weighted by Crippen LogP contribution is 2.29. The molecule has 0 saturated carbocycles. The minimum atomic E-state index is 0.0288. The fourth-order valence-corrected chi connectivity index (χ4v) is 2.04. The van der Waals surface area contributed by atoms with Gasteiger partial charge >= 0.3 is 0 Å². The molecule has 1 N–H and O–H groups in total. The van der Waals surface area contributed by atoms with Crippen molar-refractivity contribution in [2.24, 2.45) is 0 Å². The van der Waals surface area contributed by atoms with Gasteiger partial charge in [-0.25, -0.2) is 9.97 Å². The fourth-order valence-electron chi connectivity index (χ4n) is 2.04. The average molecular weight is 243 g/mol. The van der Waals surface area contributed by atoms with Crippen LogP contribution in [0.25, 0.3) is 0 Å². The van der Waals surface area contributed by atoms with Crippen LogP contribution in [0, 0.1) is 6.92 Å². The van der Waals surface area contributed by atoms with Gasteiger partial charge in [0, 0.05) is 23.5 Å². The van der Waals surface area contributed by atoms with E-state index in [1.807, 2.05) is 31.6 Å². The molecule has 0 radical (unpaired) electrons. The van der Waals surface area contributed by atoms with E-state index in [9.17, 15) is 0 Å². The van der Waals surface area contributed by atoms with Gasteiger partial charge in [0.2, 0.25) is 0 Å². The first kappa shape index (κ1) is 12.5. The topological polar surface area (TPSA) is 47.0 Å². The summed E-state index contributed by atoms with van der Waals surface area (Å²) in [5.74, 6) is 0.865. The third-order valence-corrected chi connectivity index (χ3v) is 2.90. The van der Waals surface area contributed by atoms with Crippen molar-refractivity contribution in [3.8, 4) is 5.75 Å². The zero-order chi connectivity index (χ0) is 13.0. The van der Waals surface area contributed by atoms with Crippen LogP contribution in [-0.2, 0) is 0 Å². The normalized spacial score (nSPS) is 12.2. The molecule has 2 rings (SSSR count). The molecule has 0 spiro atoms. The van der Waals surface area contributed by atoms with Crippen LogP contribution in [-0.4, -0.2) is 24.1 Å². The van der Waals surface area contributed by atoms with E-state index in [1.165, 1.54) is 11.9 Å². The summed E-state index contributed by atoms with van der Waals surface area (Å²) in [6.07, 6.45) is 5.16. The summed E-state index contributed by atoms with van der Waals surface area (Å²) in [5, 5.41) is 3.28. The molecule has 0 amide bonds. The molecule has 0 aliphatic heterocycles. The van der Waals surface area contributed by atoms with Crippen LogP contribution in [0.4, 0.5) is 0 Å². The van der Waals surface area contributed by atoms with Gasteiger partial charge in [0.15, 0.2) is 0 Å². The van der Waals surface area contributed by atoms with Gasteiger partial charge in [-0.3, -0.25) is 0 Å². The Hall–Kier alpha value is -1.94. The highest BCUT2D eigenvalue weighted by atomic mass is 16.5. The van der Waals surface area contributed by atoms with E-state index in [-0.39, 0.29) is 6.04 Å². The van der Waals surface area contributed by atoms with Gasteiger partial charge in [0.25, 0.3) is 0 Å². The lowest BCUT2D eigenvalue weighted by Gasteiger charge is -2.19. The molecule has 1 heterocycles. The molecule has 1 aromatic carbocycles. The Morgan fingerprint density at radius 3 is 2.56 bits per heavy atom. The summed E-state index contributed by atoms with van der Waals surface area (Å²) in [4.78, 5) is 8.13. The van der Waals surface area contributed by atoms with Crippen molar-refractivity contribution in [1.82, 2.24) is 15.3 Å². The summed E-state index contributed by atoms with van der Waals surface area (Å²) >= 11 is 0. The molecule has 0 aliphatic rings. The number of methoxy groups -OCH3 is 1. The van der Waals surface area contributed by atoms with Crippen LogP contribution in [0.5, 0.6) is 5.75 Å². The first-order chi connectivity index (χ1) is 8.76. The smallest absolute Gasteiger partial charge is 0.124 e. The predicted molar refractivity (Wildman–Crippen MR) is 70.7 cm³/mol. The van der Waals surface area contributed by atoms with Crippen LogP contribution in [0.15, 0.2) is 36.9 Å². The Labute approximate surface area is 107 Å². The number of rotatable bonds is 4. The van der Waals surface area contributed by atoms with Crippen LogP contribution in [0.2, 0.25) is 0 Å². The molecule has 4 heteroatoms. The standard InChI is InChI=1S/C14H17N3O/c1-10-4-5-13(18-3)12(6-10)14(15-2)11-7-16-9-17-8-11/h4-9,14-15H,1-3H3. The minimum Gasteiger partial charge on any atom is -0.496 e. The lowest BCUT2D eigenvalue weighted by Crippen LogP contribution is -2.19. The molecule has 0 aliphatic carbocycles.